The highest BCUT2D eigenvalue weighted by Gasteiger charge is 2.38. The number of nitrogens with zero attached hydrogens (tertiary/aromatic N) is 3. The predicted octanol–water partition coefficient (Wildman–Crippen LogP) is 2.01. The third-order valence-electron chi connectivity index (χ3n) is 5.54. The van der Waals surface area contributed by atoms with Crippen LogP contribution >= 0.6 is 15.9 Å². The van der Waals surface area contributed by atoms with Crippen molar-refractivity contribution in [3.63, 3.8) is 0 Å². The monoisotopic (exact) mass is 491 g/mol. The number of nitrogens with one attached hydrogen (secondary N) is 1. The number of aromatic nitrogens is 2. The third kappa shape index (κ3) is 4.43. The summed E-state index contributed by atoms with van der Waals surface area (Å²) in [6.45, 7) is 4.44. The van der Waals surface area contributed by atoms with E-state index in [1.807, 2.05) is 32.0 Å². The predicted molar refractivity (Wildman–Crippen MR) is 123 cm³/mol. The lowest BCUT2D eigenvalue weighted by atomic mass is 10.1. The molecule has 3 N–H and O–H groups in total. The molecule has 1 fully saturated rings. The third-order valence-corrected chi connectivity index (χ3v) is 6.43. The number of carbonyl (C=O) groups excluding carboxylic acids is 2. The van der Waals surface area contributed by atoms with Gasteiger partial charge in [-0.2, -0.15) is 0 Å². The van der Waals surface area contributed by atoms with Crippen molar-refractivity contribution >= 4 is 44.9 Å². The molecule has 0 saturated carbocycles. The average molecular weight is 492 g/mol. The van der Waals surface area contributed by atoms with E-state index < -0.39 is 23.1 Å². The van der Waals surface area contributed by atoms with Crippen LogP contribution in [0.15, 0.2) is 32.3 Å². The molecule has 1 aliphatic heterocycles. The molecule has 0 bridgehead atoms. The number of nitrogen functional groups attached to an aromatic ring is 1. The van der Waals surface area contributed by atoms with E-state index >= 15 is 0 Å². The van der Waals surface area contributed by atoms with Gasteiger partial charge in [0.15, 0.2) is 5.69 Å². The number of nitrogens with two attached hydrogens (primary N) is 1. The van der Waals surface area contributed by atoms with Gasteiger partial charge in [-0.05, 0) is 37.1 Å². The highest BCUT2D eigenvalue weighted by Crippen LogP contribution is 2.30. The molecule has 31 heavy (non-hydrogen) atoms. The highest BCUT2D eigenvalue weighted by atomic mass is 79.9. The number of aromatic amines is 1. The summed E-state index contributed by atoms with van der Waals surface area (Å²) in [6.07, 6.45) is 1.57. The topological polar surface area (TPSA) is 121 Å². The molecule has 3 rings (SSSR count). The lowest BCUT2D eigenvalue weighted by Gasteiger charge is -2.23. The molecule has 0 spiro atoms. The van der Waals surface area contributed by atoms with Crippen molar-refractivity contribution in [3.05, 3.63) is 49.1 Å². The van der Waals surface area contributed by atoms with Gasteiger partial charge in [0.2, 0.25) is 11.8 Å². The van der Waals surface area contributed by atoms with Crippen molar-refractivity contribution in [2.75, 3.05) is 29.1 Å². The summed E-state index contributed by atoms with van der Waals surface area (Å²) in [5.41, 5.74) is 6.39. The molecule has 1 aliphatic rings. The Kier molecular flexibility index (Phi) is 6.68. The summed E-state index contributed by atoms with van der Waals surface area (Å²) in [7, 11) is 1.44. The van der Waals surface area contributed by atoms with Gasteiger partial charge in [-0.1, -0.05) is 29.3 Å². The van der Waals surface area contributed by atoms with E-state index in [1.54, 1.807) is 4.90 Å². The van der Waals surface area contributed by atoms with Gasteiger partial charge >= 0.3 is 5.69 Å². The fourth-order valence-electron chi connectivity index (χ4n) is 3.74. The minimum absolute atomic E-state index is 0.0333. The number of aryl methyl sites for hydroxylation is 1. The number of carbonyl (C=O) groups is 2. The SMILES string of the molecule is CCCCn1c(N)c(N(C)C(=O)C2CC(=O)N(c3ccc(Br)c(C)c3)C2)c(=O)[nH]c1=O. The van der Waals surface area contributed by atoms with E-state index in [0.717, 1.165) is 21.4 Å². The van der Waals surface area contributed by atoms with Gasteiger partial charge in [0.05, 0.1) is 5.92 Å². The molecule has 2 heterocycles. The largest absolute Gasteiger partial charge is 0.383 e. The molecule has 0 aliphatic carbocycles. The number of unbranched alkanes of at least 4 members (excludes halogenated alkanes) is 1. The Hall–Kier alpha value is -2.88. The van der Waals surface area contributed by atoms with Crippen LogP contribution in [0.25, 0.3) is 0 Å². The van der Waals surface area contributed by atoms with Crippen molar-refractivity contribution in [3.8, 4) is 0 Å². The molecule has 1 unspecified atom stereocenters. The molecule has 1 saturated heterocycles. The standard InChI is InChI=1S/C21H26BrN5O4/c1-4-5-8-26-18(23)17(19(29)24-21(26)31)25(3)20(30)13-10-16(28)27(11-13)14-6-7-15(22)12(2)9-14/h6-7,9,13H,4-5,8,10-11,23H2,1-3H3,(H,24,29,31). The van der Waals surface area contributed by atoms with Gasteiger partial charge in [-0.25, -0.2) is 4.79 Å². The summed E-state index contributed by atoms with van der Waals surface area (Å²) >= 11 is 3.44. The minimum atomic E-state index is -0.726. The molecule has 1 atom stereocenters. The van der Waals surface area contributed by atoms with Crippen LogP contribution in [-0.4, -0.2) is 35.0 Å². The molecular weight excluding hydrogens is 466 g/mol. The summed E-state index contributed by atoms with van der Waals surface area (Å²) in [5.74, 6) is -1.25. The first kappa shape index (κ1) is 22.8. The summed E-state index contributed by atoms with van der Waals surface area (Å²) in [6, 6.07) is 5.56. The number of amides is 2. The Morgan fingerprint density at radius 3 is 2.68 bits per heavy atom. The average Bonchev–Trinajstić information content (AvgIpc) is 3.10. The van der Waals surface area contributed by atoms with Gasteiger partial charge in [-0.15, -0.1) is 0 Å². The zero-order chi connectivity index (χ0) is 22.9. The van der Waals surface area contributed by atoms with Crippen molar-refractivity contribution in [1.82, 2.24) is 9.55 Å². The smallest absolute Gasteiger partial charge is 0.330 e. The zero-order valence-corrected chi connectivity index (χ0v) is 19.4. The second-order valence-corrected chi connectivity index (χ2v) is 8.59. The number of anilines is 3. The molecule has 10 heteroatoms. The molecule has 2 amide bonds. The van der Waals surface area contributed by atoms with Crippen molar-refractivity contribution in [2.45, 2.75) is 39.7 Å². The number of rotatable bonds is 6. The first-order valence-corrected chi connectivity index (χ1v) is 10.9. The summed E-state index contributed by atoms with van der Waals surface area (Å²) in [4.78, 5) is 55.3. The van der Waals surface area contributed by atoms with E-state index in [2.05, 4.69) is 20.9 Å². The normalized spacial score (nSPS) is 16.1. The molecule has 2 aromatic rings. The number of hydrogen-bond acceptors (Lipinski definition) is 5. The summed E-state index contributed by atoms with van der Waals surface area (Å²) < 4.78 is 2.20. The van der Waals surface area contributed by atoms with Crippen LogP contribution in [0.2, 0.25) is 0 Å². The lowest BCUT2D eigenvalue weighted by Crippen LogP contribution is -2.42. The first-order chi connectivity index (χ1) is 14.6. The molecular formula is C21H26BrN5O4. The lowest BCUT2D eigenvalue weighted by molar-refractivity contribution is -0.124. The zero-order valence-electron chi connectivity index (χ0n) is 17.8. The highest BCUT2D eigenvalue weighted by molar-refractivity contribution is 9.10. The first-order valence-electron chi connectivity index (χ1n) is 10.1. The van der Waals surface area contributed by atoms with Crippen molar-refractivity contribution < 1.29 is 9.59 Å². The molecule has 1 aromatic heterocycles. The second kappa shape index (κ2) is 9.09. The maximum absolute atomic E-state index is 13.1. The van der Waals surface area contributed by atoms with E-state index in [-0.39, 0.29) is 30.4 Å². The van der Waals surface area contributed by atoms with Crippen LogP contribution in [0.4, 0.5) is 17.2 Å². The van der Waals surface area contributed by atoms with E-state index in [0.29, 0.717) is 18.7 Å². The fourth-order valence-corrected chi connectivity index (χ4v) is 3.99. The maximum Gasteiger partial charge on any atom is 0.330 e. The quantitative estimate of drug-likeness (QED) is 0.639. The Balaban J connectivity index is 1.87. The van der Waals surface area contributed by atoms with Crippen LogP contribution in [0.1, 0.15) is 31.7 Å². The van der Waals surface area contributed by atoms with Gasteiger partial charge in [0.1, 0.15) is 5.82 Å². The molecule has 1 aromatic carbocycles. The van der Waals surface area contributed by atoms with E-state index in [9.17, 15) is 19.2 Å². The summed E-state index contributed by atoms with van der Waals surface area (Å²) in [5, 5.41) is 0. The molecule has 9 nitrogen and oxygen atoms in total. The van der Waals surface area contributed by atoms with Crippen LogP contribution in [0.5, 0.6) is 0 Å². The van der Waals surface area contributed by atoms with Gasteiger partial charge in [0, 0.05) is 36.7 Å². The van der Waals surface area contributed by atoms with Gasteiger partial charge < -0.3 is 15.5 Å². The Morgan fingerprint density at radius 2 is 2.03 bits per heavy atom. The maximum atomic E-state index is 13.1. The number of halogens is 1. The number of H-pyrrole nitrogens is 1. The number of hydrogen-bond donors (Lipinski definition) is 2. The Bertz CT molecular complexity index is 1140. The second-order valence-electron chi connectivity index (χ2n) is 7.73. The van der Waals surface area contributed by atoms with Crippen LogP contribution in [0.3, 0.4) is 0 Å². The minimum Gasteiger partial charge on any atom is -0.383 e. The van der Waals surface area contributed by atoms with Crippen LogP contribution in [-0.2, 0) is 16.1 Å². The van der Waals surface area contributed by atoms with Crippen LogP contribution < -0.4 is 26.8 Å². The van der Waals surface area contributed by atoms with Crippen LogP contribution in [0, 0.1) is 12.8 Å². The Morgan fingerprint density at radius 1 is 1.32 bits per heavy atom. The number of benzene rings is 1. The van der Waals surface area contributed by atoms with E-state index in [1.165, 1.54) is 11.6 Å². The van der Waals surface area contributed by atoms with Gasteiger partial charge in [-0.3, -0.25) is 23.9 Å². The van der Waals surface area contributed by atoms with Crippen molar-refractivity contribution in [1.29, 1.82) is 0 Å². The molecule has 166 valence electrons. The molecule has 0 radical (unpaired) electrons. The van der Waals surface area contributed by atoms with Crippen molar-refractivity contribution in [2.24, 2.45) is 5.92 Å². The Labute approximate surface area is 188 Å². The van der Waals surface area contributed by atoms with Gasteiger partial charge in [0.25, 0.3) is 5.56 Å². The fraction of sp³-hybridized carbons (Fsp3) is 0.429. The van der Waals surface area contributed by atoms with E-state index in [4.69, 9.17) is 5.73 Å².